The number of hydrogen-bond donors (Lipinski definition) is 3. The van der Waals surface area contributed by atoms with E-state index in [1.165, 1.54) is 13.3 Å². The van der Waals surface area contributed by atoms with Gasteiger partial charge in [-0.15, -0.1) is 0 Å². The molecule has 2 aromatic rings. The summed E-state index contributed by atoms with van der Waals surface area (Å²) in [5.74, 6) is -0.379. The molecule has 0 unspecified atom stereocenters. The fraction of sp³-hybridized carbons (Fsp3) is 0.250. The van der Waals surface area contributed by atoms with Crippen LogP contribution in [0.4, 0.5) is 4.79 Å². The van der Waals surface area contributed by atoms with Crippen LogP contribution in [0, 0.1) is 0 Å². The summed E-state index contributed by atoms with van der Waals surface area (Å²) in [6.45, 7) is 3.22. The Kier molecular flexibility index (Phi) is 8.85. The van der Waals surface area contributed by atoms with Crippen LogP contribution >= 0.6 is 15.9 Å². The largest absolute Gasteiger partial charge is 0.493 e. The molecule has 0 saturated carbocycles. The van der Waals surface area contributed by atoms with Crippen molar-refractivity contribution in [1.29, 1.82) is 0 Å². The molecular weight excluding hydrogens is 520 g/mol. The Labute approximate surface area is 210 Å². The Morgan fingerprint density at radius 3 is 2.69 bits per heavy atom. The Balaban J connectivity index is 1.70. The van der Waals surface area contributed by atoms with Crippen LogP contribution in [0.25, 0.3) is 0 Å². The van der Waals surface area contributed by atoms with Crippen LogP contribution in [0.15, 0.2) is 63.3 Å². The molecule has 0 aliphatic carbocycles. The number of halogens is 1. The summed E-state index contributed by atoms with van der Waals surface area (Å²) < 4.78 is 17.0. The number of hydrogen-bond acceptors (Lipinski definition) is 7. The summed E-state index contributed by atoms with van der Waals surface area (Å²) in [7, 11) is 1.45. The summed E-state index contributed by atoms with van der Waals surface area (Å²) in [6.07, 6.45) is 1.52. The number of urea groups is 1. The maximum atomic E-state index is 12.5. The van der Waals surface area contributed by atoms with E-state index >= 15 is 0 Å². The van der Waals surface area contributed by atoms with Crippen LogP contribution in [-0.4, -0.2) is 44.4 Å². The van der Waals surface area contributed by atoms with Gasteiger partial charge in [-0.25, -0.2) is 15.0 Å². The molecule has 35 heavy (non-hydrogen) atoms. The van der Waals surface area contributed by atoms with Crippen molar-refractivity contribution in [2.24, 2.45) is 5.10 Å². The minimum Gasteiger partial charge on any atom is -0.493 e. The molecule has 1 aliphatic rings. The molecular formula is C24H25BrN4O6. The molecule has 3 rings (SSSR count). The van der Waals surface area contributed by atoms with Gasteiger partial charge in [-0.1, -0.05) is 40.2 Å². The highest BCUT2D eigenvalue weighted by molar-refractivity contribution is 9.10. The summed E-state index contributed by atoms with van der Waals surface area (Å²) in [5, 5.41) is 9.24. The average Bonchev–Trinajstić information content (AvgIpc) is 2.83. The Bertz CT molecular complexity index is 1180. The number of allylic oxidation sites excluding steroid dienone is 1. The molecule has 1 atom stereocenters. The highest BCUT2D eigenvalue weighted by Gasteiger charge is 2.32. The first kappa shape index (κ1) is 25.8. The van der Waals surface area contributed by atoms with Gasteiger partial charge in [-0.3, -0.25) is 4.79 Å². The third-order valence-corrected chi connectivity index (χ3v) is 5.66. The second-order valence-corrected chi connectivity index (χ2v) is 8.16. The smallest absolute Gasteiger partial charge is 0.338 e. The molecule has 1 aliphatic heterocycles. The Morgan fingerprint density at radius 2 is 1.97 bits per heavy atom. The van der Waals surface area contributed by atoms with E-state index in [0.29, 0.717) is 22.8 Å². The molecule has 184 valence electrons. The van der Waals surface area contributed by atoms with E-state index in [0.717, 1.165) is 10.0 Å². The van der Waals surface area contributed by atoms with Crippen LogP contribution in [0.5, 0.6) is 11.5 Å². The van der Waals surface area contributed by atoms with Gasteiger partial charge in [-0.05, 0) is 37.6 Å². The zero-order valence-corrected chi connectivity index (χ0v) is 21.0. The van der Waals surface area contributed by atoms with Crippen molar-refractivity contribution in [1.82, 2.24) is 16.1 Å². The summed E-state index contributed by atoms with van der Waals surface area (Å²) >= 11 is 3.40. The van der Waals surface area contributed by atoms with Crippen LogP contribution in [0.2, 0.25) is 0 Å². The predicted molar refractivity (Wildman–Crippen MR) is 132 cm³/mol. The molecule has 0 saturated heterocycles. The molecule has 11 heteroatoms. The minimum atomic E-state index is -0.749. The van der Waals surface area contributed by atoms with Gasteiger partial charge in [0.25, 0.3) is 5.91 Å². The van der Waals surface area contributed by atoms with Crippen molar-refractivity contribution in [3.8, 4) is 11.5 Å². The first-order valence-corrected chi connectivity index (χ1v) is 11.5. The van der Waals surface area contributed by atoms with Crippen LogP contribution in [0.3, 0.4) is 0 Å². The maximum absolute atomic E-state index is 12.5. The third-order valence-electron chi connectivity index (χ3n) is 4.94. The normalized spacial score (nSPS) is 15.3. The number of amides is 3. The van der Waals surface area contributed by atoms with Crippen LogP contribution in [0.1, 0.15) is 31.0 Å². The number of carbonyl (C=O) groups is 3. The second-order valence-electron chi connectivity index (χ2n) is 7.30. The molecule has 3 amide bonds. The van der Waals surface area contributed by atoms with E-state index in [9.17, 15) is 14.4 Å². The first-order valence-electron chi connectivity index (χ1n) is 10.7. The highest BCUT2D eigenvalue weighted by atomic mass is 79.9. The summed E-state index contributed by atoms with van der Waals surface area (Å²) in [5.41, 5.74) is 4.47. The van der Waals surface area contributed by atoms with Crippen LogP contribution in [-0.2, 0) is 14.3 Å². The summed E-state index contributed by atoms with van der Waals surface area (Å²) in [6, 6.07) is 11.1. The number of rotatable bonds is 9. The molecule has 1 heterocycles. The number of nitrogens with one attached hydrogen (secondary N) is 3. The van der Waals surface area contributed by atoms with Gasteiger partial charge in [0.15, 0.2) is 18.1 Å². The molecule has 0 aromatic heterocycles. The molecule has 0 spiro atoms. The highest BCUT2D eigenvalue weighted by Crippen LogP contribution is 2.34. The van der Waals surface area contributed by atoms with E-state index in [4.69, 9.17) is 14.2 Å². The van der Waals surface area contributed by atoms with Gasteiger partial charge in [0.1, 0.15) is 0 Å². The number of methoxy groups -OCH3 is 1. The van der Waals surface area contributed by atoms with Crippen molar-refractivity contribution >= 4 is 40.1 Å². The van der Waals surface area contributed by atoms with Crippen molar-refractivity contribution in [3.63, 3.8) is 0 Å². The molecule has 0 fully saturated rings. The molecule has 0 bridgehead atoms. The number of ether oxygens (including phenoxy) is 3. The lowest BCUT2D eigenvalue weighted by molar-refractivity contribution is -0.139. The van der Waals surface area contributed by atoms with Crippen LogP contribution < -0.4 is 25.5 Å². The van der Waals surface area contributed by atoms with Gasteiger partial charge < -0.3 is 24.8 Å². The second kappa shape index (κ2) is 12.0. The van der Waals surface area contributed by atoms with E-state index in [-0.39, 0.29) is 18.8 Å². The molecule has 0 radical (unpaired) electrons. The van der Waals surface area contributed by atoms with Gasteiger partial charge in [-0.2, -0.15) is 5.10 Å². The predicted octanol–water partition coefficient (Wildman–Crippen LogP) is 3.18. The number of carbonyl (C=O) groups excluding carboxylic acids is 3. The Morgan fingerprint density at radius 1 is 1.20 bits per heavy atom. The zero-order chi connectivity index (χ0) is 25.4. The Hall–Kier alpha value is -3.86. The standard InChI is InChI=1S/C24H25BrN4O6/c1-4-34-23(31)21-14(2)27-24(32)28-22(21)15-9-10-18(19(11-15)33-3)35-13-20(30)29-26-12-16-7-5-6-8-17(16)25/h5-12,22H,4,13H2,1-3H3,(H,29,30)(H2,27,28,32)/b26-12-/t22-/m1/s1. The monoisotopic (exact) mass is 544 g/mol. The van der Waals surface area contributed by atoms with Gasteiger partial charge in [0, 0.05) is 15.7 Å². The van der Waals surface area contributed by atoms with Crippen molar-refractivity contribution in [3.05, 3.63) is 69.3 Å². The molecule has 3 N–H and O–H groups in total. The van der Waals surface area contributed by atoms with Gasteiger partial charge in [0.2, 0.25) is 0 Å². The lowest BCUT2D eigenvalue weighted by Crippen LogP contribution is -2.45. The first-order chi connectivity index (χ1) is 16.8. The summed E-state index contributed by atoms with van der Waals surface area (Å²) in [4.78, 5) is 36.7. The fourth-order valence-corrected chi connectivity index (χ4v) is 3.72. The number of benzene rings is 2. The molecule has 2 aromatic carbocycles. The van der Waals surface area contributed by atoms with E-state index in [1.54, 1.807) is 32.0 Å². The topological polar surface area (TPSA) is 127 Å². The fourth-order valence-electron chi connectivity index (χ4n) is 3.34. The lowest BCUT2D eigenvalue weighted by Gasteiger charge is -2.28. The third kappa shape index (κ3) is 6.60. The van der Waals surface area contributed by atoms with Crippen molar-refractivity contribution in [2.45, 2.75) is 19.9 Å². The zero-order valence-electron chi connectivity index (χ0n) is 19.4. The quantitative estimate of drug-likeness (QED) is 0.253. The van der Waals surface area contributed by atoms with E-state index in [2.05, 4.69) is 37.1 Å². The van der Waals surface area contributed by atoms with Crippen molar-refractivity contribution < 1.29 is 28.6 Å². The number of hydrazone groups is 1. The van der Waals surface area contributed by atoms with E-state index in [1.807, 2.05) is 24.3 Å². The lowest BCUT2D eigenvalue weighted by atomic mass is 9.95. The maximum Gasteiger partial charge on any atom is 0.338 e. The van der Waals surface area contributed by atoms with Gasteiger partial charge in [0.05, 0.1) is 31.5 Å². The van der Waals surface area contributed by atoms with Crippen molar-refractivity contribution in [2.75, 3.05) is 20.3 Å². The average molecular weight is 545 g/mol. The molecule has 10 nitrogen and oxygen atoms in total. The SMILES string of the molecule is CCOC(=O)C1=C(C)NC(=O)N[C@@H]1c1ccc(OCC(=O)N/N=C\c2ccccc2Br)c(OC)c1. The number of esters is 1. The number of nitrogens with zero attached hydrogens (tertiary/aromatic N) is 1. The van der Waals surface area contributed by atoms with Gasteiger partial charge >= 0.3 is 12.0 Å². The minimum absolute atomic E-state index is 0.196. The van der Waals surface area contributed by atoms with E-state index < -0.39 is 23.9 Å².